The molecule has 6 heteroatoms. The summed E-state index contributed by atoms with van der Waals surface area (Å²) in [7, 11) is 0. The zero-order valence-electron chi connectivity index (χ0n) is 11.0. The lowest BCUT2D eigenvalue weighted by Gasteiger charge is -2.29. The molecule has 0 amide bonds. The first-order valence-corrected chi connectivity index (χ1v) is 6.78. The van der Waals surface area contributed by atoms with Crippen LogP contribution in [0.4, 0.5) is 13.2 Å². The molecule has 20 heavy (non-hydrogen) atoms. The summed E-state index contributed by atoms with van der Waals surface area (Å²) in [6.07, 6.45) is -2.88. The number of ketones is 1. The van der Waals surface area contributed by atoms with Gasteiger partial charge in [-0.1, -0.05) is 23.7 Å². The summed E-state index contributed by atoms with van der Waals surface area (Å²) in [5.41, 5.74) is 0.345. The van der Waals surface area contributed by atoms with Crippen molar-refractivity contribution in [3.05, 3.63) is 34.9 Å². The Morgan fingerprint density at radius 3 is 2.60 bits per heavy atom. The normalized spacial score (nSPS) is 17.3. The van der Waals surface area contributed by atoms with Gasteiger partial charge in [0, 0.05) is 16.6 Å². The Bertz CT molecular complexity index is 499. The SMILES string of the molecule is CC(C(=O)c1cccc(Cl)c1)N(CC(F)(F)F)C1CC1. The third-order valence-corrected chi connectivity index (χ3v) is 3.60. The van der Waals surface area contributed by atoms with Crippen LogP contribution in [0.3, 0.4) is 0 Å². The highest BCUT2D eigenvalue weighted by Gasteiger charge is 2.42. The molecule has 1 aromatic carbocycles. The minimum Gasteiger partial charge on any atom is -0.292 e. The van der Waals surface area contributed by atoms with Gasteiger partial charge in [-0.3, -0.25) is 9.69 Å². The molecule has 0 aliphatic heterocycles. The van der Waals surface area contributed by atoms with Crippen molar-refractivity contribution in [3.8, 4) is 0 Å². The molecule has 0 bridgehead atoms. The molecule has 1 aromatic rings. The molecular formula is C14H15ClF3NO. The standard InChI is InChI=1S/C14H15ClF3NO/c1-9(13(20)10-3-2-4-11(15)7-10)19(12-5-6-12)8-14(16,17)18/h2-4,7,9,12H,5-6,8H2,1H3. The van der Waals surface area contributed by atoms with Crippen molar-refractivity contribution in [1.29, 1.82) is 0 Å². The van der Waals surface area contributed by atoms with Crippen molar-refractivity contribution >= 4 is 17.4 Å². The Kier molecular flexibility index (Phi) is 4.39. The van der Waals surface area contributed by atoms with Gasteiger partial charge >= 0.3 is 6.18 Å². The number of carbonyl (C=O) groups excluding carboxylic acids is 1. The third-order valence-electron chi connectivity index (χ3n) is 3.36. The summed E-state index contributed by atoms with van der Waals surface area (Å²) in [6.45, 7) is 0.471. The van der Waals surface area contributed by atoms with E-state index in [-0.39, 0.29) is 11.8 Å². The van der Waals surface area contributed by atoms with Crippen LogP contribution >= 0.6 is 11.6 Å². The lowest BCUT2D eigenvalue weighted by atomic mass is 10.0. The van der Waals surface area contributed by atoms with Crippen LogP contribution in [0.25, 0.3) is 0 Å². The lowest BCUT2D eigenvalue weighted by Crippen LogP contribution is -2.45. The highest BCUT2D eigenvalue weighted by Crippen LogP contribution is 2.32. The highest BCUT2D eigenvalue weighted by atomic mass is 35.5. The molecule has 1 unspecified atom stereocenters. The fraction of sp³-hybridized carbons (Fsp3) is 0.500. The van der Waals surface area contributed by atoms with Crippen molar-refractivity contribution in [1.82, 2.24) is 4.90 Å². The van der Waals surface area contributed by atoms with Crippen LogP contribution in [0.2, 0.25) is 5.02 Å². The Hall–Kier alpha value is -1.07. The van der Waals surface area contributed by atoms with Crippen LogP contribution in [0.5, 0.6) is 0 Å². The molecule has 110 valence electrons. The van der Waals surface area contributed by atoms with E-state index in [1.54, 1.807) is 18.2 Å². The molecule has 2 nitrogen and oxygen atoms in total. The fourth-order valence-electron chi connectivity index (χ4n) is 2.23. The molecule has 0 saturated heterocycles. The molecule has 2 rings (SSSR count). The molecule has 1 aliphatic carbocycles. The maximum absolute atomic E-state index is 12.6. The van der Waals surface area contributed by atoms with E-state index in [1.807, 2.05) is 0 Å². The number of rotatable bonds is 5. The number of Topliss-reactive ketones (excluding diaryl/α,β-unsaturated/α-hetero) is 1. The van der Waals surface area contributed by atoms with Crippen molar-refractivity contribution in [2.45, 2.75) is 38.0 Å². The van der Waals surface area contributed by atoms with Gasteiger partial charge in [0.2, 0.25) is 0 Å². The van der Waals surface area contributed by atoms with Gasteiger partial charge in [-0.2, -0.15) is 13.2 Å². The number of carbonyl (C=O) groups is 1. The van der Waals surface area contributed by atoms with Crippen molar-refractivity contribution in [2.24, 2.45) is 0 Å². The quantitative estimate of drug-likeness (QED) is 0.768. The van der Waals surface area contributed by atoms with E-state index in [9.17, 15) is 18.0 Å². The average Bonchev–Trinajstić information content (AvgIpc) is 3.17. The largest absolute Gasteiger partial charge is 0.401 e. The Labute approximate surface area is 120 Å². The van der Waals surface area contributed by atoms with Crippen molar-refractivity contribution in [2.75, 3.05) is 6.54 Å². The zero-order chi connectivity index (χ0) is 14.9. The molecule has 1 aliphatic rings. The summed E-state index contributed by atoms with van der Waals surface area (Å²) in [6, 6.07) is 5.35. The molecule has 0 aromatic heterocycles. The summed E-state index contributed by atoms with van der Waals surface area (Å²) in [5, 5.41) is 0.400. The lowest BCUT2D eigenvalue weighted by molar-refractivity contribution is -0.149. The van der Waals surface area contributed by atoms with Crippen LogP contribution < -0.4 is 0 Å². The summed E-state index contributed by atoms with van der Waals surface area (Å²) < 4.78 is 37.8. The first kappa shape index (κ1) is 15.3. The first-order valence-electron chi connectivity index (χ1n) is 6.40. The van der Waals surface area contributed by atoms with Crippen LogP contribution in [0.1, 0.15) is 30.1 Å². The first-order chi connectivity index (χ1) is 9.28. The van der Waals surface area contributed by atoms with Crippen LogP contribution in [-0.4, -0.2) is 35.5 Å². The summed E-state index contributed by atoms with van der Waals surface area (Å²) in [5.74, 6) is -0.330. The van der Waals surface area contributed by atoms with Crippen molar-refractivity contribution < 1.29 is 18.0 Å². The van der Waals surface area contributed by atoms with E-state index >= 15 is 0 Å². The number of hydrogen-bond donors (Lipinski definition) is 0. The number of benzene rings is 1. The van der Waals surface area contributed by atoms with Gasteiger partial charge in [0.1, 0.15) is 0 Å². The molecular weight excluding hydrogens is 291 g/mol. The van der Waals surface area contributed by atoms with Crippen molar-refractivity contribution in [3.63, 3.8) is 0 Å². The van der Waals surface area contributed by atoms with E-state index in [0.29, 0.717) is 23.4 Å². The second kappa shape index (κ2) is 5.74. The maximum Gasteiger partial charge on any atom is 0.401 e. The minimum absolute atomic E-state index is 0.144. The average molecular weight is 306 g/mol. The van der Waals surface area contributed by atoms with Gasteiger partial charge in [-0.25, -0.2) is 0 Å². The smallest absolute Gasteiger partial charge is 0.292 e. The van der Waals surface area contributed by atoms with E-state index in [0.717, 1.165) is 0 Å². The molecule has 1 atom stereocenters. The Balaban J connectivity index is 2.15. The van der Waals surface area contributed by atoms with Crippen LogP contribution in [0, 0.1) is 0 Å². The van der Waals surface area contributed by atoms with Gasteiger partial charge in [0.25, 0.3) is 0 Å². The van der Waals surface area contributed by atoms with Gasteiger partial charge in [0.05, 0.1) is 12.6 Å². The molecule has 0 N–H and O–H groups in total. The number of hydrogen-bond acceptors (Lipinski definition) is 2. The van der Waals surface area contributed by atoms with E-state index in [4.69, 9.17) is 11.6 Å². The Morgan fingerprint density at radius 1 is 1.45 bits per heavy atom. The minimum atomic E-state index is -4.30. The second-order valence-electron chi connectivity index (χ2n) is 5.07. The molecule has 0 spiro atoms. The molecule has 1 fully saturated rings. The third kappa shape index (κ3) is 3.96. The number of nitrogens with zero attached hydrogens (tertiary/aromatic N) is 1. The Morgan fingerprint density at radius 2 is 2.10 bits per heavy atom. The fourth-order valence-corrected chi connectivity index (χ4v) is 2.42. The monoisotopic (exact) mass is 305 g/mol. The predicted molar refractivity (Wildman–Crippen MR) is 71.0 cm³/mol. The van der Waals surface area contributed by atoms with Crippen LogP contribution in [0.15, 0.2) is 24.3 Å². The zero-order valence-corrected chi connectivity index (χ0v) is 11.7. The predicted octanol–water partition coefficient (Wildman–Crippen LogP) is 3.94. The number of alkyl halides is 3. The van der Waals surface area contributed by atoms with Crippen LogP contribution in [-0.2, 0) is 0 Å². The maximum atomic E-state index is 12.6. The number of halogens is 4. The van der Waals surface area contributed by atoms with E-state index in [2.05, 4.69) is 0 Å². The van der Waals surface area contributed by atoms with E-state index < -0.39 is 18.8 Å². The molecule has 1 saturated carbocycles. The van der Waals surface area contributed by atoms with Gasteiger partial charge < -0.3 is 0 Å². The van der Waals surface area contributed by atoms with Gasteiger partial charge in [-0.05, 0) is 31.9 Å². The summed E-state index contributed by atoms with van der Waals surface area (Å²) in [4.78, 5) is 13.5. The summed E-state index contributed by atoms with van der Waals surface area (Å²) >= 11 is 5.81. The molecule has 0 radical (unpaired) electrons. The van der Waals surface area contributed by atoms with Gasteiger partial charge in [-0.15, -0.1) is 0 Å². The highest BCUT2D eigenvalue weighted by molar-refractivity contribution is 6.31. The van der Waals surface area contributed by atoms with E-state index in [1.165, 1.54) is 17.9 Å². The molecule has 0 heterocycles. The van der Waals surface area contributed by atoms with Gasteiger partial charge in [0.15, 0.2) is 5.78 Å². The second-order valence-corrected chi connectivity index (χ2v) is 5.51. The topological polar surface area (TPSA) is 20.3 Å².